The lowest BCUT2D eigenvalue weighted by Crippen LogP contribution is -2.40. The zero-order valence-electron chi connectivity index (χ0n) is 8.35. The molecule has 0 radical (unpaired) electrons. The lowest BCUT2D eigenvalue weighted by Gasteiger charge is -2.25. The Kier molecular flexibility index (Phi) is 4.87. The van der Waals surface area contributed by atoms with Gasteiger partial charge in [0.2, 0.25) is 0 Å². The Morgan fingerprint density at radius 2 is 2.17 bits per heavy atom. The van der Waals surface area contributed by atoms with Gasteiger partial charge in [0, 0.05) is 13.2 Å². The average molecular weight is 170 g/mol. The molecule has 0 aliphatic carbocycles. The fourth-order valence-electron chi connectivity index (χ4n) is 0.886. The van der Waals surface area contributed by atoms with Gasteiger partial charge in [-0.15, -0.1) is 0 Å². The molecule has 0 aromatic heterocycles. The van der Waals surface area contributed by atoms with Crippen LogP contribution in [0.4, 0.5) is 0 Å². The molecule has 0 aliphatic rings. The smallest absolute Gasteiger partial charge is 0.0925 e. The fraction of sp³-hybridized carbons (Fsp3) is 0.889. The van der Waals surface area contributed by atoms with Crippen LogP contribution in [0.5, 0.6) is 0 Å². The summed E-state index contributed by atoms with van der Waals surface area (Å²) in [4.78, 5) is 0. The van der Waals surface area contributed by atoms with Crippen LogP contribution in [-0.4, -0.2) is 24.8 Å². The second kappa shape index (κ2) is 5.13. The minimum Gasteiger partial charge on any atom is -0.375 e. The Morgan fingerprint density at radius 1 is 1.58 bits per heavy atom. The highest BCUT2D eigenvalue weighted by Crippen LogP contribution is 2.06. The fourth-order valence-corrected chi connectivity index (χ4v) is 0.886. The topological polar surface area (TPSA) is 45.0 Å². The van der Waals surface area contributed by atoms with Crippen molar-refractivity contribution in [1.29, 1.82) is 5.26 Å². The first-order valence-corrected chi connectivity index (χ1v) is 4.29. The second-order valence-corrected chi connectivity index (χ2v) is 3.42. The van der Waals surface area contributed by atoms with E-state index in [2.05, 4.69) is 11.4 Å². The Balaban J connectivity index is 3.68. The summed E-state index contributed by atoms with van der Waals surface area (Å²) in [6, 6.07) is 2.01. The van der Waals surface area contributed by atoms with Gasteiger partial charge in [0.25, 0.3) is 0 Å². The van der Waals surface area contributed by atoms with Crippen molar-refractivity contribution in [2.75, 3.05) is 13.2 Å². The average Bonchev–Trinajstić information content (AvgIpc) is 2.00. The molecule has 1 N–H and O–H groups in total. The molecule has 12 heavy (non-hydrogen) atoms. The van der Waals surface area contributed by atoms with Gasteiger partial charge in [-0.1, -0.05) is 0 Å². The standard InChI is InChI=1S/C9H18N2O/c1-5-12-9(3,4)7-11-8(2)6-10/h8,11H,5,7H2,1-4H3. The molecule has 0 amide bonds. The van der Waals surface area contributed by atoms with Crippen molar-refractivity contribution in [3.63, 3.8) is 0 Å². The Bertz CT molecular complexity index is 160. The van der Waals surface area contributed by atoms with Gasteiger partial charge >= 0.3 is 0 Å². The minimum absolute atomic E-state index is 0.107. The first kappa shape index (κ1) is 11.4. The van der Waals surface area contributed by atoms with E-state index in [4.69, 9.17) is 10.00 Å². The number of ether oxygens (including phenoxy) is 1. The van der Waals surface area contributed by atoms with Crippen LogP contribution in [0.2, 0.25) is 0 Å². The van der Waals surface area contributed by atoms with Gasteiger partial charge in [-0.2, -0.15) is 5.26 Å². The van der Waals surface area contributed by atoms with Crippen LogP contribution in [-0.2, 0) is 4.74 Å². The van der Waals surface area contributed by atoms with Crippen LogP contribution < -0.4 is 5.32 Å². The predicted molar refractivity (Wildman–Crippen MR) is 48.8 cm³/mol. The summed E-state index contributed by atoms with van der Waals surface area (Å²) in [5.74, 6) is 0. The van der Waals surface area contributed by atoms with E-state index >= 15 is 0 Å². The predicted octanol–water partition coefficient (Wildman–Crippen LogP) is 1.30. The summed E-state index contributed by atoms with van der Waals surface area (Å²) < 4.78 is 5.45. The molecule has 3 nitrogen and oxygen atoms in total. The van der Waals surface area contributed by atoms with E-state index < -0.39 is 0 Å². The summed E-state index contributed by atoms with van der Waals surface area (Å²) in [7, 11) is 0. The zero-order valence-corrected chi connectivity index (χ0v) is 8.35. The molecule has 1 unspecified atom stereocenters. The monoisotopic (exact) mass is 170 g/mol. The number of nitrogens with zero attached hydrogens (tertiary/aromatic N) is 1. The molecule has 0 fully saturated rings. The van der Waals surface area contributed by atoms with Crippen molar-refractivity contribution in [2.24, 2.45) is 0 Å². The first-order valence-electron chi connectivity index (χ1n) is 4.29. The van der Waals surface area contributed by atoms with Crippen molar-refractivity contribution < 1.29 is 4.74 Å². The Labute approximate surface area is 74.7 Å². The maximum Gasteiger partial charge on any atom is 0.0925 e. The van der Waals surface area contributed by atoms with E-state index in [-0.39, 0.29) is 11.6 Å². The van der Waals surface area contributed by atoms with Crippen LogP contribution in [0.25, 0.3) is 0 Å². The zero-order chi connectivity index (χ0) is 9.61. The van der Waals surface area contributed by atoms with Crippen LogP contribution >= 0.6 is 0 Å². The van der Waals surface area contributed by atoms with E-state index in [0.717, 1.165) is 0 Å². The van der Waals surface area contributed by atoms with E-state index in [1.807, 2.05) is 27.7 Å². The van der Waals surface area contributed by atoms with E-state index in [1.165, 1.54) is 0 Å². The largest absolute Gasteiger partial charge is 0.375 e. The molecule has 0 saturated carbocycles. The maximum atomic E-state index is 8.51. The molecule has 1 atom stereocenters. The van der Waals surface area contributed by atoms with Crippen molar-refractivity contribution in [3.05, 3.63) is 0 Å². The molecule has 0 rings (SSSR count). The highest BCUT2D eigenvalue weighted by molar-refractivity contribution is 4.87. The number of nitriles is 1. The molecule has 3 heteroatoms. The molecule has 0 bridgehead atoms. The van der Waals surface area contributed by atoms with E-state index in [9.17, 15) is 0 Å². The van der Waals surface area contributed by atoms with E-state index in [1.54, 1.807) is 0 Å². The Morgan fingerprint density at radius 3 is 2.58 bits per heavy atom. The molecular weight excluding hydrogens is 152 g/mol. The molecule has 0 aromatic carbocycles. The summed E-state index contributed by atoms with van der Waals surface area (Å²) in [6.07, 6.45) is 0. The lowest BCUT2D eigenvalue weighted by molar-refractivity contribution is -0.00937. The van der Waals surface area contributed by atoms with Gasteiger partial charge in [0.05, 0.1) is 17.7 Å². The Hall–Kier alpha value is -0.590. The first-order chi connectivity index (χ1) is 5.52. The van der Waals surface area contributed by atoms with Crippen molar-refractivity contribution in [3.8, 4) is 6.07 Å². The third-order valence-electron chi connectivity index (χ3n) is 1.56. The summed E-state index contributed by atoms with van der Waals surface area (Å²) >= 11 is 0. The maximum absolute atomic E-state index is 8.51. The molecule has 0 saturated heterocycles. The molecular formula is C9H18N2O. The van der Waals surface area contributed by atoms with Gasteiger partial charge < -0.3 is 4.74 Å². The SMILES string of the molecule is CCOC(C)(C)CNC(C)C#N. The number of rotatable bonds is 5. The third-order valence-corrected chi connectivity index (χ3v) is 1.56. The molecule has 0 aromatic rings. The minimum atomic E-state index is -0.181. The highest BCUT2D eigenvalue weighted by atomic mass is 16.5. The quantitative estimate of drug-likeness (QED) is 0.676. The van der Waals surface area contributed by atoms with Gasteiger partial charge in [-0.3, -0.25) is 5.32 Å². The van der Waals surface area contributed by atoms with Crippen LogP contribution in [0.3, 0.4) is 0 Å². The number of hydrogen-bond acceptors (Lipinski definition) is 3. The molecule has 0 heterocycles. The molecule has 70 valence electrons. The van der Waals surface area contributed by atoms with Gasteiger partial charge in [0.1, 0.15) is 0 Å². The second-order valence-electron chi connectivity index (χ2n) is 3.42. The van der Waals surface area contributed by atoms with Crippen LogP contribution in [0, 0.1) is 11.3 Å². The molecule has 0 aliphatic heterocycles. The lowest BCUT2D eigenvalue weighted by atomic mass is 10.1. The normalized spacial score (nSPS) is 13.9. The third kappa shape index (κ3) is 5.11. The van der Waals surface area contributed by atoms with E-state index in [0.29, 0.717) is 13.2 Å². The highest BCUT2D eigenvalue weighted by Gasteiger charge is 2.17. The summed E-state index contributed by atoms with van der Waals surface area (Å²) in [5.41, 5.74) is -0.181. The number of nitrogens with one attached hydrogen (secondary N) is 1. The number of hydrogen-bond donors (Lipinski definition) is 1. The van der Waals surface area contributed by atoms with Gasteiger partial charge in [-0.25, -0.2) is 0 Å². The van der Waals surface area contributed by atoms with Crippen LogP contribution in [0.15, 0.2) is 0 Å². The van der Waals surface area contributed by atoms with Crippen molar-refractivity contribution in [1.82, 2.24) is 5.32 Å². The summed E-state index contributed by atoms with van der Waals surface area (Å²) in [6.45, 7) is 9.23. The van der Waals surface area contributed by atoms with Gasteiger partial charge in [0.15, 0.2) is 0 Å². The van der Waals surface area contributed by atoms with Crippen molar-refractivity contribution in [2.45, 2.75) is 39.3 Å². The van der Waals surface area contributed by atoms with Gasteiger partial charge in [-0.05, 0) is 27.7 Å². The molecule has 0 spiro atoms. The van der Waals surface area contributed by atoms with Crippen molar-refractivity contribution >= 4 is 0 Å². The summed E-state index contributed by atoms with van der Waals surface area (Å²) in [5, 5.41) is 11.6. The van der Waals surface area contributed by atoms with Crippen LogP contribution in [0.1, 0.15) is 27.7 Å².